The van der Waals surface area contributed by atoms with Gasteiger partial charge in [-0.25, -0.2) is 0 Å². The lowest BCUT2D eigenvalue weighted by atomic mass is 9.71. The molecule has 5 atom stereocenters. The van der Waals surface area contributed by atoms with E-state index in [9.17, 15) is 0 Å². The van der Waals surface area contributed by atoms with Crippen LogP contribution in [-0.2, 0) is 4.74 Å². The number of ether oxygens (including phenoxy) is 1. The Morgan fingerprint density at radius 3 is 2.69 bits per heavy atom. The van der Waals surface area contributed by atoms with Crippen LogP contribution in [0.4, 0.5) is 0 Å². The summed E-state index contributed by atoms with van der Waals surface area (Å²) in [6.45, 7) is 2.32. The van der Waals surface area contributed by atoms with Gasteiger partial charge in [-0.3, -0.25) is 0 Å². The Balaban J connectivity index is 1.98. The molecular weight excluding hydrogens is 160 g/mol. The molecule has 0 amide bonds. The number of rotatable bonds is 2. The number of hydrogen-bond acceptors (Lipinski definition) is 1. The minimum absolute atomic E-state index is 0.303. The molecule has 0 saturated heterocycles. The van der Waals surface area contributed by atoms with Crippen molar-refractivity contribution in [3.8, 4) is 0 Å². The lowest BCUT2D eigenvalue weighted by molar-refractivity contribution is -0.0985. The van der Waals surface area contributed by atoms with Crippen molar-refractivity contribution in [2.24, 2.45) is 23.7 Å². The van der Waals surface area contributed by atoms with Gasteiger partial charge in [-0.05, 0) is 55.8 Å². The van der Waals surface area contributed by atoms with Crippen molar-refractivity contribution in [3.05, 3.63) is 0 Å². The quantitative estimate of drug-likeness (QED) is 0.635. The van der Waals surface area contributed by atoms with Gasteiger partial charge in [0.25, 0.3) is 0 Å². The summed E-state index contributed by atoms with van der Waals surface area (Å²) in [6, 6.07) is 0. The molecule has 4 aliphatic carbocycles. The van der Waals surface area contributed by atoms with Gasteiger partial charge in [0, 0.05) is 7.11 Å². The monoisotopic (exact) mass is 180 g/mol. The van der Waals surface area contributed by atoms with Crippen molar-refractivity contribution in [2.75, 3.05) is 7.11 Å². The summed E-state index contributed by atoms with van der Waals surface area (Å²) in [6.07, 6.45) is 7.18. The Labute approximate surface area is 80.8 Å². The second kappa shape index (κ2) is 2.50. The fraction of sp³-hybridized carbons (Fsp3) is 1.00. The van der Waals surface area contributed by atoms with Crippen molar-refractivity contribution in [1.82, 2.24) is 0 Å². The minimum atomic E-state index is 0.303. The molecule has 0 heterocycles. The maximum Gasteiger partial charge on any atom is 0.0735 e. The SMILES string of the molecule is CCC1(OC)C2CC3CC(C2)C1C3. The van der Waals surface area contributed by atoms with E-state index in [1.54, 1.807) is 0 Å². The van der Waals surface area contributed by atoms with Crippen LogP contribution in [0.1, 0.15) is 39.0 Å². The van der Waals surface area contributed by atoms with Crippen LogP contribution in [0.5, 0.6) is 0 Å². The van der Waals surface area contributed by atoms with E-state index in [4.69, 9.17) is 4.74 Å². The van der Waals surface area contributed by atoms with Crippen molar-refractivity contribution in [3.63, 3.8) is 0 Å². The Kier molecular flexibility index (Phi) is 1.59. The summed E-state index contributed by atoms with van der Waals surface area (Å²) in [5.41, 5.74) is 0.303. The Morgan fingerprint density at radius 2 is 2.08 bits per heavy atom. The molecule has 74 valence electrons. The predicted octanol–water partition coefficient (Wildman–Crippen LogP) is 2.85. The van der Waals surface area contributed by atoms with Gasteiger partial charge in [-0.1, -0.05) is 6.92 Å². The van der Waals surface area contributed by atoms with E-state index in [2.05, 4.69) is 6.92 Å². The predicted molar refractivity (Wildman–Crippen MR) is 52.5 cm³/mol. The maximum atomic E-state index is 5.91. The molecule has 4 rings (SSSR count). The molecule has 0 aromatic rings. The number of methoxy groups -OCH3 is 1. The van der Waals surface area contributed by atoms with Gasteiger partial charge in [0.05, 0.1) is 5.60 Å². The normalized spacial score (nSPS) is 57.7. The zero-order valence-electron chi connectivity index (χ0n) is 8.75. The van der Waals surface area contributed by atoms with Crippen LogP contribution in [0.2, 0.25) is 0 Å². The maximum absolute atomic E-state index is 5.91. The van der Waals surface area contributed by atoms with Gasteiger partial charge in [-0.2, -0.15) is 0 Å². The summed E-state index contributed by atoms with van der Waals surface area (Å²) in [7, 11) is 1.94. The van der Waals surface area contributed by atoms with Crippen molar-refractivity contribution in [2.45, 2.75) is 44.6 Å². The number of hydrogen-bond donors (Lipinski definition) is 0. The zero-order valence-corrected chi connectivity index (χ0v) is 8.75. The molecule has 5 unspecified atom stereocenters. The molecule has 0 aromatic carbocycles. The van der Waals surface area contributed by atoms with Crippen LogP contribution < -0.4 is 0 Å². The summed E-state index contributed by atoms with van der Waals surface area (Å²) in [5, 5.41) is 0. The highest BCUT2D eigenvalue weighted by molar-refractivity contribution is 5.11. The molecule has 13 heavy (non-hydrogen) atoms. The van der Waals surface area contributed by atoms with Crippen LogP contribution in [-0.4, -0.2) is 12.7 Å². The van der Waals surface area contributed by atoms with E-state index in [1.807, 2.05) is 7.11 Å². The van der Waals surface area contributed by atoms with E-state index in [0.29, 0.717) is 5.60 Å². The summed E-state index contributed by atoms with van der Waals surface area (Å²) in [5.74, 6) is 3.93. The highest BCUT2D eigenvalue weighted by atomic mass is 16.5. The standard InChI is InChI=1S/C12H20O/c1-3-12(13-2)10-5-8-4-9(7-10)11(12)6-8/h8-11H,3-7H2,1-2H3. The second-order valence-corrected chi connectivity index (χ2v) is 5.38. The molecule has 4 bridgehead atoms. The molecule has 0 aliphatic heterocycles. The molecule has 0 aromatic heterocycles. The van der Waals surface area contributed by atoms with Crippen LogP contribution in [0.15, 0.2) is 0 Å². The zero-order chi connectivity index (χ0) is 9.05. The molecule has 0 radical (unpaired) electrons. The largest absolute Gasteiger partial charge is 0.378 e. The van der Waals surface area contributed by atoms with Crippen molar-refractivity contribution < 1.29 is 4.74 Å². The third-order valence-corrected chi connectivity index (χ3v) is 5.25. The van der Waals surface area contributed by atoms with Gasteiger partial charge in [0.1, 0.15) is 0 Å². The molecule has 1 nitrogen and oxygen atoms in total. The van der Waals surface area contributed by atoms with Crippen LogP contribution in [0, 0.1) is 23.7 Å². The third-order valence-electron chi connectivity index (χ3n) is 5.25. The second-order valence-electron chi connectivity index (χ2n) is 5.38. The average Bonchev–Trinajstić information content (AvgIpc) is 2.55. The summed E-state index contributed by atoms with van der Waals surface area (Å²) < 4.78 is 5.91. The van der Waals surface area contributed by atoms with Gasteiger partial charge in [0.15, 0.2) is 0 Å². The first-order valence-electron chi connectivity index (χ1n) is 5.85. The first-order chi connectivity index (χ1) is 6.30. The van der Waals surface area contributed by atoms with E-state index in [-0.39, 0.29) is 0 Å². The molecule has 1 heteroatoms. The fourth-order valence-corrected chi connectivity index (χ4v) is 4.87. The van der Waals surface area contributed by atoms with E-state index in [0.717, 1.165) is 23.7 Å². The van der Waals surface area contributed by atoms with E-state index < -0.39 is 0 Å². The van der Waals surface area contributed by atoms with E-state index >= 15 is 0 Å². The highest BCUT2D eigenvalue weighted by Gasteiger charge is 2.61. The molecule has 4 aliphatic rings. The summed E-state index contributed by atoms with van der Waals surface area (Å²) >= 11 is 0. The third kappa shape index (κ3) is 0.823. The molecule has 4 fully saturated rings. The minimum Gasteiger partial charge on any atom is -0.378 e. The Morgan fingerprint density at radius 1 is 1.23 bits per heavy atom. The van der Waals surface area contributed by atoms with Gasteiger partial charge in [-0.15, -0.1) is 0 Å². The van der Waals surface area contributed by atoms with Crippen LogP contribution in [0.3, 0.4) is 0 Å². The molecule has 4 saturated carbocycles. The Hall–Kier alpha value is -0.0400. The van der Waals surface area contributed by atoms with Crippen LogP contribution in [0.25, 0.3) is 0 Å². The summed E-state index contributed by atoms with van der Waals surface area (Å²) in [4.78, 5) is 0. The van der Waals surface area contributed by atoms with Gasteiger partial charge in [0.2, 0.25) is 0 Å². The van der Waals surface area contributed by atoms with E-state index in [1.165, 1.54) is 32.1 Å². The Bertz CT molecular complexity index is 215. The topological polar surface area (TPSA) is 9.23 Å². The fourth-order valence-electron chi connectivity index (χ4n) is 4.87. The van der Waals surface area contributed by atoms with Gasteiger partial charge >= 0.3 is 0 Å². The average molecular weight is 180 g/mol. The molecular formula is C12H20O. The van der Waals surface area contributed by atoms with Crippen molar-refractivity contribution >= 4 is 0 Å². The molecule has 0 spiro atoms. The lowest BCUT2D eigenvalue weighted by Crippen LogP contribution is -2.44. The smallest absolute Gasteiger partial charge is 0.0735 e. The van der Waals surface area contributed by atoms with Crippen molar-refractivity contribution in [1.29, 1.82) is 0 Å². The lowest BCUT2D eigenvalue weighted by Gasteiger charge is -2.43. The highest BCUT2D eigenvalue weighted by Crippen LogP contribution is 2.64. The first kappa shape index (κ1) is 8.28. The first-order valence-corrected chi connectivity index (χ1v) is 5.85. The van der Waals surface area contributed by atoms with Crippen LogP contribution >= 0.6 is 0 Å². The van der Waals surface area contributed by atoms with Gasteiger partial charge < -0.3 is 4.74 Å². The molecule has 0 N–H and O–H groups in total.